The summed E-state index contributed by atoms with van der Waals surface area (Å²) in [5, 5.41) is 2.96. The van der Waals surface area contributed by atoms with Gasteiger partial charge in [0.05, 0.1) is 12.2 Å². The van der Waals surface area contributed by atoms with E-state index in [-0.39, 0.29) is 0 Å². The highest BCUT2D eigenvalue weighted by Gasteiger charge is 2.31. The van der Waals surface area contributed by atoms with Crippen LogP contribution in [0.1, 0.15) is 19.0 Å². The van der Waals surface area contributed by atoms with Gasteiger partial charge in [0.2, 0.25) is 0 Å². The Morgan fingerprint density at radius 1 is 1.20 bits per heavy atom. The first-order valence-electron chi connectivity index (χ1n) is 6.87. The predicted octanol–water partition coefficient (Wildman–Crippen LogP) is 0.704. The minimum atomic E-state index is -0.429. The number of hydrogen-bond donors (Lipinski definition) is 1. The first-order valence-corrected chi connectivity index (χ1v) is 6.87. The molecule has 6 nitrogen and oxygen atoms in total. The molecule has 0 aromatic carbocycles. The zero-order valence-corrected chi connectivity index (χ0v) is 11.9. The molecule has 1 aromatic heterocycles. The average Bonchev–Trinajstić information content (AvgIpc) is 2.47. The monoisotopic (exact) mass is 276 g/mol. The summed E-state index contributed by atoms with van der Waals surface area (Å²) in [5.41, 5.74) is 0.780. The standard InChI is InChI=1S/C14H20N4O2/c1-3-7-17-8-9-18(14(20)13(17)19)10-11-5-4-6-12(15-2)16-11/h4-6H,3,7-10H2,1-2H3,(H,15,16). The quantitative estimate of drug-likeness (QED) is 0.804. The van der Waals surface area contributed by atoms with Gasteiger partial charge in [-0.1, -0.05) is 13.0 Å². The summed E-state index contributed by atoms with van der Waals surface area (Å²) < 4.78 is 0. The van der Waals surface area contributed by atoms with Gasteiger partial charge in [-0.3, -0.25) is 9.59 Å². The van der Waals surface area contributed by atoms with Gasteiger partial charge in [-0.15, -0.1) is 0 Å². The SMILES string of the molecule is CCCN1CCN(Cc2cccc(NC)n2)C(=O)C1=O. The number of aromatic nitrogens is 1. The average molecular weight is 276 g/mol. The van der Waals surface area contributed by atoms with Crippen LogP contribution in [0.15, 0.2) is 18.2 Å². The first kappa shape index (κ1) is 14.3. The van der Waals surface area contributed by atoms with Crippen molar-refractivity contribution < 1.29 is 9.59 Å². The highest BCUT2D eigenvalue weighted by Crippen LogP contribution is 2.11. The summed E-state index contributed by atoms with van der Waals surface area (Å²) in [4.78, 5) is 31.6. The number of nitrogens with zero attached hydrogens (tertiary/aromatic N) is 3. The fraction of sp³-hybridized carbons (Fsp3) is 0.500. The van der Waals surface area contributed by atoms with E-state index >= 15 is 0 Å². The molecule has 1 saturated heterocycles. The van der Waals surface area contributed by atoms with E-state index in [2.05, 4.69) is 10.3 Å². The zero-order chi connectivity index (χ0) is 14.5. The Kier molecular flexibility index (Phi) is 4.55. The molecule has 2 heterocycles. The Hall–Kier alpha value is -2.11. The lowest BCUT2D eigenvalue weighted by molar-refractivity contribution is -0.156. The number of nitrogens with one attached hydrogen (secondary N) is 1. The largest absolute Gasteiger partial charge is 0.373 e. The van der Waals surface area contributed by atoms with Gasteiger partial charge in [-0.25, -0.2) is 4.98 Å². The third-order valence-electron chi connectivity index (χ3n) is 3.31. The second kappa shape index (κ2) is 6.36. The number of pyridine rings is 1. The normalized spacial score (nSPS) is 15.7. The van der Waals surface area contributed by atoms with Crippen LogP contribution in [0.4, 0.5) is 5.82 Å². The molecule has 0 bridgehead atoms. The summed E-state index contributed by atoms with van der Waals surface area (Å²) in [6, 6.07) is 5.60. The van der Waals surface area contributed by atoms with Gasteiger partial charge in [0, 0.05) is 26.7 Å². The molecule has 2 amide bonds. The number of carbonyl (C=O) groups is 2. The smallest absolute Gasteiger partial charge is 0.312 e. The minimum Gasteiger partial charge on any atom is -0.373 e. The Morgan fingerprint density at radius 2 is 1.90 bits per heavy atom. The van der Waals surface area contributed by atoms with Crippen molar-refractivity contribution in [3.63, 3.8) is 0 Å². The maximum atomic E-state index is 12.1. The van der Waals surface area contributed by atoms with Crippen LogP contribution in [-0.4, -0.2) is 53.3 Å². The highest BCUT2D eigenvalue weighted by molar-refractivity contribution is 6.35. The second-order valence-corrected chi connectivity index (χ2v) is 4.78. The van der Waals surface area contributed by atoms with Crippen molar-refractivity contribution in [2.24, 2.45) is 0 Å². The minimum absolute atomic E-state index is 0.375. The van der Waals surface area contributed by atoms with Crippen molar-refractivity contribution in [2.75, 3.05) is 32.0 Å². The van der Waals surface area contributed by atoms with Crippen molar-refractivity contribution in [1.82, 2.24) is 14.8 Å². The van der Waals surface area contributed by atoms with E-state index in [1.165, 1.54) is 0 Å². The van der Waals surface area contributed by atoms with E-state index in [0.29, 0.717) is 26.2 Å². The van der Waals surface area contributed by atoms with Crippen LogP contribution in [0.3, 0.4) is 0 Å². The molecule has 0 unspecified atom stereocenters. The maximum absolute atomic E-state index is 12.1. The summed E-state index contributed by atoms with van der Waals surface area (Å²) in [7, 11) is 1.80. The molecule has 0 radical (unpaired) electrons. The number of amides is 2. The molecular weight excluding hydrogens is 256 g/mol. The van der Waals surface area contributed by atoms with E-state index in [9.17, 15) is 9.59 Å². The molecule has 20 heavy (non-hydrogen) atoms. The number of anilines is 1. The number of carbonyl (C=O) groups excluding carboxylic acids is 2. The van der Waals surface area contributed by atoms with Crippen LogP contribution in [0.2, 0.25) is 0 Å². The molecule has 0 aliphatic carbocycles. The number of rotatable bonds is 5. The van der Waals surface area contributed by atoms with Gasteiger partial charge >= 0.3 is 11.8 Å². The molecule has 1 N–H and O–H groups in total. The molecule has 0 spiro atoms. The fourth-order valence-corrected chi connectivity index (χ4v) is 2.25. The van der Waals surface area contributed by atoms with Crippen LogP contribution in [0.5, 0.6) is 0 Å². The lowest BCUT2D eigenvalue weighted by atomic mass is 10.2. The Morgan fingerprint density at radius 3 is 2.60 bits per heavy atom. The third kappa shape index (κ3) is 3.07. The second-order valence-electron chi connectivity index (χ2n) is 4.78. The number of hydrogen-bond acceptors (Lipinski definition) is 4. The van der Waals surface area contributed by atoms with Gasteiger partial charge in [0.25, 0.3) is 0 Å². The summed E-state index contributed by atoms with van der Waals surface area (Å²) in [6.45, 7) is 4.18. The molecule has 1 aromatic rings. The Balaban J connectivity index is 2.03. The van der Waals surface area contributed by atoms with E-state index in [0.717, 1.165) is 17.9 Å². The van der Waals surface area contributed by atoms with Crippen LogP contribution >= 0.6 is 0 Å². The summed E-state index contributed by atoms with van der Waals surface area (Å²) >= 11 is 0. The van der Waals surface area contributed by atoms with Crippen molar-refractivity contribution in [1.29, 1.82) is 0 Å². The molecular formula is C14H20N4O2. The lowest BCUT2D eigenvalue weighted by Crippen LogP contribution is -2.54. The van der Waals surface area contributed by atoms with Crippen LogP contribution in [0, 0.1) is 0 Å². The maximum Gasteiger partial charge on any atom is 0.312 e. The van der Waals surface area contributed by atoms with Gasteiger partial charge in [0.15, 0.2) is 0 Å². The van der Waals surface area contributed by atoms with Gasteiger partial charge in [-0.2, -0.15) is 0 Å². The molecule has 0 atom stereocenters. The number of piperazine rings is 1. The van der Waals surface area contributed by atoms with Crippen molar-refractivity contribution in [2.45, 2.75) is 19.9 Å². The van der Waals surface area contributed by atoms with Crippen LogP contribution in [0.25, 0.3) is 0 Å². The van der Waals surface area contributed by atoms with Crippen LogP contribution < -0.4 is 5.32 Å². The fourth-order valence-electron chi connectivity index (χ4n) is 2.25. The van der Waals surface area contributed by atoms with E-state index in [4.69, 9.17) is 0 Å². The predicted molar refractivity (Wildman–Crippen MR) is 76.1 cm³/mol. The first-order chi connectivity index (χ1) is 9.65. The Labute approximate surface area is 118 Å². The highest BCUT2D eigenvalue weighted by atomic mass is 16.2. The van der Waals surface area contributed by atoms with Crippen molar-refractivity contribution >= 4 is 17.6 Å². The third-order valence-corrected chi connectivity index (χ3v) is 3.31. The topological polar surface area (TPSA) is 65.5 Å². The molecule has 0 saturated carbocycles. The summed E-state index contributed by atoms with van der Waals surface area (Å²) in [6.07, 6.45) is 0.866. The molecule has 1 fully saturated rings. The van der Waals surface area contributed by atoms with Gasteiger partial charge in [0.1, 0.15) is 5.82 Å². The van der Waals surface area contributed by atoms with Gasteiger partial charge < -0.3 is 15.1 Å². The van der Waals surface area contributed by atoms with Gasteiger partial charge in [-0.05, 0) is 18.6 Å². The van der Waals surface area contributed by atoms with E-state index in [1.54, 1.807) is 16.8 Å². The molecule has 108 valence electrons. The molecule has 1 aliphatic heterocycles. The van der Waals surface area contributed by atoms with Crippen LogP contribution in [-0.2, 0) is 16.1 Å². The summed E-state index contributed by atoms with van der Waals surface area (Å²) in [5.74, 6) is -0.0740. The molecule has 6 heteroatoms. The lowest BCUT2D eigenvalue weighted by Gasteiger charge is -2.33. The van der Waals surface area contributed by atoms with Crippen molar-refractivity contribution in [3.05, 3.63) is 23.9 Å². The molecule has 1 aliphatic rings. The zero-order valence-electron chi connectivity index (χ0n) is 11.9. The van der Waals surface area contributed by atoms with Crippen molar-refractivity contribution in [3.8, 4) is 0 Å². The molecule has 2 rings (SSSR count). The Bertz CT molecular complexity index is 504. The van der Waals surface area contributed by atoms with E-state index in [1.807, 2.05) is 25.1 Å². The van der Waals surface area contributed by atoms with E-state index < -0.39 is 11.8 Å².